The molecule has 0 aliphatic carbocycles. The summed E-state index contributed by atoms with van der Waals surface area (Å²) in [7, 11) is 0. The van der Waals surface area contributed by atoms with Gasteiger partial charge < -0.3 is 10.3 Å². The number of amides is 2. The third-order valence-corrected chi connectivity index (χ3v) is 4.23. The van der Waals surface area contributed by atoms with E-state index in [0.29, 0.717) is 5.69 Å². The molecule has 1 aromatic heterocycles. The van der Waals surface area contributed by atoms with E-state index in [4.69, 9.17) is 0 Å². The number of fused-ring (bicyclic) bond motifs is 1. The Hall–Kier alpha value is -3.41. The van der Waals surface area contributed by atoms with Crippen LogP contribution in [0.25, 0.3) is 10.9 Å². The van der Waals surface area contributed by atoms with Gasteiger partial charge in [-0.3, -0.25) is 9.59 Å². The highest BCUT2D eigenvalue weighted by molar-refractivity contribution is 6.39. The van der Waals surface area contributed by atoms with Gasteiger partial charge in [-0.15, -0.1) is 0 Å². The molecule has 0 fully saturated rings. The smallest absolute Gasteiger partial charge is 0.329 e. The van der Waals surface area contributed by atoms with Gasteiger partial charge in [0.15, 0.2) is 0 Å². The number of aryl methyl sites for hydroxylation is 1. The molecule has 27 heavy (non-hydrogen) atoms. The minimum Gasteiger partial charge on any atom is -0.361 e. The third kappa shape index (κ3) is 4.82. The number of carbonyl (C=O) groups is 2. The van der Waals surface area contributed by atoms with Crippen LogP contribution in [0, 0.1) is 0 Å². The summed E-state index contributed by atoms with van der Waals surface area (Å²) >= 11 is 0. The van der Waals surface area contributed by atoms with Crippen LogP contribution < -0.4 is 10.7 Å². The van der Waals surface area contributed by atoms with Crippen LogP contribution in [-0.4, -0.2) is 23.0 Å². The second-order valence-corrected chi connectivity index (χ2v) is 6.24. The van der Waals surface area contributed by atoms with Crippen molar-refractivity contribution in [2.24, 2.45) is 5.10 Å². The van der Waals surface area contributed by atoms with Crippen molar-refractivity contribution in [3.8, 4) is 0 Å². The molecule has 2 amide bonds. The van der Waals surface area contributed by atoms with Gasteiger partial charge in [-0.1, -0.05) is 43.7 Å². The average molecular weight is 362 g/mol. The third-order valence-electron chi connectivity index (χ3n) is 4.23. The summed E-state index contributed by atoms with van der Waals surface area (Å²) in [6.45, 7) is 2.15. The summed E-state index contributed by atoms with van der Waals surface area (Å²) in [6.07, 6.45) is 6.57. The lowest BCUT2D eigenvalue weighted by Gasteiger charge is -2.05. The van der Waals surface area contributed by atoms with E-state index in [1.165, 1.54) is 11.8 Å². The number of H-pyrrole nitrogens is 1. The molecule has 0 radical (unpaired) electrons. The minimum absolute atomic E-state index is 0.580. The number of nitrogens with zero attached hydrogens (tertiary/aromatic N) is 1. The summed E-state index contributed by atoms with van der Waals surface area (Å²) in [4.78, 5) is 27.0. The van der Waals surface area contributed by atoms with Crippen molar-refractivity contribution in [1.82, 2.24) is 10.4 Å². The fraction of sp³-hybridized carbons (Fsp3) is 0.190. The maximum Gasteiger partial charge on any atom is 0.329 e. The van der Waals surface area contributed by atoms with Crippen LogP contribution in [0.5, 0.6) is 0 Å². The summed E-state index contributed by atoms with van der Waals surface area (Å²) in [5.41, 5.74) is 5.84. The van der Waals surface area contributed by atoms with Crippen LogP contribution in [0.3, 0.4) is 0 Å². The van der Waals surface area contributed by atoms with Crippen molar-refractivity contribution in [1.29, 1.82) is 0 Å². The second-order valence-electron chi connectivity index (χ2n) is 6.24. The quantitative estimate of drug-likeness (QED) is 0.355. The highest BCUT2D eigenvalue weighted by Crippen LogP contribution is 2.15. The Kier molecular flexibility index (Phi) is 5.99. The number of aromatic nitrogens is 1. The van der Waals surface area contributed by atoms with E-state index >= 15 is 0 Å². The van der Waals surface area contributed by atoms with Crippen LogP contribution in [0.1, 0.15) is 30.9 Å². The number of aromatic amines is 1. The van der Waals surface area contributed by atoms with Crippen LogP contribution >= 0.6 is 0 Å². The Balaban J connectivity index is 1.54. The number of carbonyl (C=O) groups excluding carboxylic acids is 2. The molecule has 0 saturated carbocycles. The Bertz CT molecular complexity index is 958. The maximum absolute atomic E-state index is 12.0. The number of para-hydroxylation sites is 1. The molecular formula is C21H22N4O2. The zero-order chi connectivity index (χ0) is 19.1. The Morgan fingerprint density at radius 2 is 1.85 bits per heavy atom. The number of rotatable bonds is 6. The number of hydrogen-bond acceptors (Lipinski definition) is 3. The monoisotopic (exact) mass is 362 g/mol. The van der Waals surface area contributed by atoms with E-state index in [0.717, 1.165) is 35.7 Å². The lowest BCUT2D eigenvalue weighted by atomic mass is 10.1. The molecule has 0 bridgehead atoms. The normalized spacial score (nSPS) is 11.0. The fourth-order valence-electron chi connectivity index (χ4n) is 2.74. The van der Waals surface area contributed by atoms with Crippen molar-refractivity contribution in [3.63, 3.8) is 0 Å². The van der Waals surface area contributed by atoms with E-state index in [1.54, 1.807) is 18.3 Å². The molecule has 3 N–H and O–H groups in total. The van der Waals surface area contributed by atoms with Crippen LogP contribution in [-0.2, 0) is 16.0 Å². The summed E-state index contributed by atoms with van der Waals surface area (Å²) in [5.74, 6) is -1.58. The first kappa shape index (κ1) is 18.4. The number of benzene rings is 2. The van der Waals surface area contributed by atoms with Gasteiger partial charge in [0, 0.05) is 28.4 Å². The first-order valence-corrected chi connectivity index (χ1v) is 8.97. The molecular weight excluding hydrogens is 340 g/mol. The van der Waals surface area contributed by atoms with E-state index in [9.17, 15) is 9.59 Å². The van der Waals surface area contributed by atoms with Gasteiger partial charge in [0.1, 0.15) is 0 Å². The van der Waals surface area contributed by atoms with Gasteiger partial charge >= 0.3 is 11.8 Å². The number of hydrogen-bond donors (Lipinski definition) is 3. The molecule has 0 saturated heterocycles. The molecule has 0 spiro atoms. The average Bonchev–Trinajstić information content (AvgIpc) is 3.10. The summed E-state index contributed by atoms with van der Waals surface area (Å²) in [5, 5.41) is 7.43. The first-order valence-electron chi connectivity index (χ1n) is 8.97. The van der Waals surface area contributed by atoms with Crippen molar-refractivity contribution < 1.29 is 9.59 Å². The van der Waals surface area contributed by atoms with Crippen molar-refractivity contribution in [3.05, 3.63) is 65.9 Å². The Morgan fingerprint density at radius 1 is 1.07 bits per heavy atom. The Morgan fingerprint density at radius 3 is 2.63 bits per heavy atom. The van der Waals surface area contributed by atoms with E-state index < -0.39 is 11.8 Å². The molecule has 1 heterocycles. The predicted molar refractivity (Wildman–Crippen MR) is 108 cm³/mol. The number of hydrazone groups is 1. The fourth-order valence-corrected chi connectivity index (χ4v) is 2.74. The minimum atomic E-state index is -0.818. The van der Waals surface area contributed by atoms with Gasteiger partial charge in [-0.05, 0) is 36.6 Å². The van der Waals surface area contributed by atoms with Crippen LogP contribution in [0.2, 0.25) is 0 Å². The topological polar surface area (TPSA) is 86.3 Å². The van der Waals surface area contributed by atoms with Gasteiger partial charge in [-0.25, -0.2) is 5.43 Å². The number of unbranched alkanes of at least 4 members (excludes halogenated alkanes) is 1. The molecule has 2 aromatic carbocycles. The molecule has 138 valence electrons. The van der Waals surface area contributed by atoms with Gasteiger partial charge in [0.05, 0.1) is 6.21 Å². The predicted octanol–water partition coefficient (Wildman–Crippen LogP) is 3.60. The second kappa shape index (κ2) is 8.80. The molecule has 0 atom stereocenters. The van der Waals surface area contributed by atoms with Crippen LogP contribution in [0.4, 0.5) is 5.69 Å². The molecule has 6 nitrogen and oxygen atoms in total. The summed E-state index contributed by atoms with van der Waals surface area (Å²) < 4.78 is 0. The van der Waals surface area contributed by atoms with Gasteiger partial charge in [0.25, 0.3) is 0 Å². The SMILES string of the molecule is CCCCc1ccc(NC(=O)C(=O)N/N=C/c2c[nH]c3ccccc23)cc1. The van der Waals surface area contributed by atoms with E-state index in [1.807, 2.05) is 36.4 Å². The highest BCUT2D eigenvalue weighted by atomic mass is 16.2. The molecule has 0 aliphatic heterocycles. The van der Waals surface area contributed by atoms with E-state index in [-0.39, 0.29) is 0 Å². The molecule has 3 rings (SSSR count). The number of anilines is 1. The highest BCUT2D eigenvalue weighted by Gasteiger charge is 2.12. The van der Waals surface area contributed by atoms with E-state index in [2.05, 4.69) is 27.8 Å². The standard InChI is InChI=1S/C21H22N4O2/c1-2-3-6-15-9-11-17(12-10-15)24-20(26)21(27)25-23-14-16-13-22-19-8-5-4-7-18(16)19/h4-5,7-14,22H,2-3,6H2,1H3,(H,24,26)(H,25,27)/b23-14+. The maximum atomic E-state index is 12.0. The first-order chi connectivity index (χ1) is 13.2. The van der Waals surface area contributed by atoms with Gasteiger partial charge in [-0.2, -0.15) is 5.10 Å². The summed E-state index contributed by atoms with van der Waals surface area (Å²) in [6, 6.07) is 15.3. The van der Waals surface area contributed by atoms with Gasteiger partial charge in [0.2, 0.25) is 0 Å². The largest absolute Gasteiger partial charge is 0.361 e. The van der Waals surface area contributed by atoms with Crippen molar-refractivity contribution in [2.45, 2.75) is 26.2 Å². The lowest BCUT2D eigenvalue weighted by molar-refractivity contribution is -0.136. The molecule has 0 aliphatic rings. The van der Waals surface area contributed by atoms with Crippen LogP contribution in [0.15, 0.2) is 59.8 Å². The lowest BCUT2D eigenvalue weighted by Crippen LogP contribution is -2.32. The number of nitrogens with one attached hydrogen (secondary N) is 3. The Labute approximate surface area is 157 Å². The molecule has 3 aromatic rings. The molecule has 0 unspecified atom stereocenters. The van der Waals surface area contributed by atoms with Crippen molar-refractivity contribution >= 4 is 34.6 Å². The zero-order valence-electron chi connectivity index (χ0n) is 15.2. The van der Waals surface area contributed by atoms with Crippen molar-refractivity contribution in [2.75, 3.05) is 5.32 Å². The molecule has 6 heteroatoms. The zero-order valence-corrected chi connectivity index (χ0v) is 15.2.